The highest BCUT2D eigenvalue weighted by Gasteiger charge is 2.04. The van der Waals surface area contributed by atoms with E-state index in [0.29, 0.717) is 0 Å². The molecular formula is C13H11N3. The number of pyridine rings is 1. The third kappa shape index (κ3) is 1.46. The maximum atomic E-state index is 4.54. The molecule has 78 valence electrons. The van der Waals surface area contributed by atoms with Crippen molar-refractivity contribution in [2.45, 2.75) is 6.92 Å². The maximum Gasteiger partial charge on any atom is 0.138 e. The molecule has 0 aliphatic rings. The molecule has 0 spiro atoms. The van der Waals surface area contributed by atoms with Gasteiger partial charge < -0.3 is 4.98 Å². The number of rotatable bonds is 1. The van der Waals surface area contributed by atoms with E-state index in [1.165, 1.54) is 0 Å². The number of hydrogen-bond donors (Lipinski definition) is 1. The molecule has 2 aromatic heterocycles. The molecule has 0 aliphatic heterocycles. The first-order valence-electron chi connectivity index (χ1n) is 5.21. The minimum Gasteiger partial charge on any atom is -0.338 e. The van der Waals surface area contributed by atoms with Crippen molar-refractivity contribution < 1.29 is 0 Å². The number of fused-ring (bicyclic) bond motifs is 1. The summed E-state index contributed by atoms with van der Waals surface area (Å²) < 4.78 is 0. The Hall–Kier alpha value is -2.16. The minimum absolute atomic E-state index is 0.895. The molecule has 0 bridgehead atoms. The van der Waals surface area contributed by atoms with E-state index in [4.69, 9.17) is 0 Å². The Morgan fingerprint density at radius 3 is 2.81 bits per heavy atom. The lowest BCUT2D eigenvalue weighted by Gasteiger charge is -1.96. The van der Waals surface area contributed by atoms with Crippen LogP contribution in [0, 0.1) is 6.92 Å². The van der Waals surface area contributed by atoms with E-state index >= 15 is 0 Å². The number of nitrogens with zero attached hydrogens (tertiary/aromatic N) is 2. The number of benzene rings is 1. The zero-order valence-electron chi connectivity index (χ0n) is 8.94. The fourth-order valence-corrected chi connectivity index (χ4v) is 1.78. The fourth-order valence-electron chi connectivity index (χ4n) is 1.78. The number of para-hydroxylation sites is 2. The number of aromatic amines is 1. The summed E-state index contributed by atoms with van der Waals surface area (Å²) in [6.07, 6.45) is 1.80. The first kappa shape index (κ1) is 9.09. The van der Waals surface area contributed by atoms with E-state index in [0.717, 1.165) is 28.1 Å². The quantitative estimate of drug-likeness (QED) is 0.669. The topological polar surface area (TPSA) is 41.6 Å². The van der Waals surface area contributed by atoms with Gasteiger partial charge in [0.15, 0.2) is 0 Å². The molecule has 0 amide bonds. The van der Waals surface area contributed by atoms with Gasteiger partial charge in [-0.15, -0.1) is 0 Å². The van der Waals surface area contributed by atoms with Gasteiger partial charge in [-0.25, -0.2) is 4.98 Å². The average molecular weight is 209 g/mol. The molecule has 3 heteroatoms. The standard InChI is InChI=1S/C13H11N3/c1-9-8-10(6-7-14-9)13-15-11-4-2-3-5-12(11)16-13/h2-8H,1H3,(H,15,16). The smallest absolute Gasteiger partial charge is 0.138 e. The molecule has 16 heavy (non-hydrogen) atoms. The summed E-state index contributed by atoms with van der Waals surface area (Å²) in [6, 6.07) is 12.0. The summed E-state index contributed by atoms with van der Waals surface area (Å²) >= 11 is 0. The van der Waals surface area contributed by atoms with Crippen LogP contribution in [0.25, 0.3) is 22.4 Å². The van der Waals surface area contributed by atoms with Gasteiger partial charge in [-0.2, -0.15) is 0 Å². The summed E-state index contributed by atoms with van der Waals surface area (Å²) in [4.78, 5) is 12.0. The number of aromatic nitrogens is 3. The van der Waals surface area contributed by atoms with Gasteiger partial charge >= 0.3 is 0 Å². The minimum atomic E-state index is 0.895. The van der Waals surface area contributed by atoms with E-state index in [2.05, 4.69) is 15.0 Å². The van der Waals surface area contributed by atoms with Crippen molar-refractivity contribution in [1.82, 2.24) is 15.0 Å². The van der Waals surface area contributed by atoms with Crippen molar-refractivity contribution in [2.75, 3.05) is 0 Å². The zero-order chi connectivity index (χ0) is 11.0. The van der Waals surface area contributed by atoms with E-state index < -0.39 is 0 Å². The number of imidazole rings is 1. The van der Waals surface area contributed by atoms with Crippen molar-refractivity contribution in [2.24, 2.45) is 0 Å². The van der Waals surface area contributed by atoms with Crippen LogP contribution in [-0.4, -0.2) is 15.0 Å². The van der Waals surface area contributed by atoms with Crippen LogP contribution >= 0.6 is 0 Å². The Bertz CT molecular complexity index is 607. The van der Waals surface area contributed by atoms with Gasteiger partial charge in [-0.3, -0.25) is 4.98 Å². The third-order valence-corrected chi connectivity index (χ3v) is 2.56. The summed E-state index contributed by atoms with van der Waals surface area (Å²) in [7, 11) is 0. The highest BCUT2D eigenvalue weighted by atomic mass is 14.9. The number of nitrogens with one attached hydrogen (secondary N) is 1. The van der Waals surface area contributed by atoms with Gasteiger partial charge in [-0.05, 0) is 31.2 Å². The van der Waals surface area contributed by atoms with Crippen LogP contribution in [0.2, 0.25) is 0 Å². The van der Waals surface area contributed by atoms with Crippen LogP contribution < -0.4 is 0 Å². The van der Waals surface area contributed by atoms with Crippen molar-refractivity contribution in [1.29, 1.82) is 0 Å². The van der Waals surface area contributed by atoms with Gasteiger partial charge in [-0.1, -0.05) is 12.1 Å². The Kier molecular flexibility index (Phi) is 1.96. The van der Waals surface area contributed by atoms with Gasteiger partial charge in [0.25, 0.3) is 0 Å². The van der Waals surface area contributed by atoms with Gasteiger partial charge in [0.2, 0.25) is 0 Å². The molecule has 1 aromatic carbocycles. The van der Waals surface area contributed by atoms with Crippen molar-refractivity contribution >= 4 is 11.0 Å². The normalized spacial score (nSPS) is 10.8. The molecule has 0 radical (unpaired) electrons. The molecule has 0 atom stereocenters. The molecule has 3 aromatic rings. The molecule has 3 rings (SSSR count). The second kappa shape index (κ2) is 3.45. The SMILES string of the molecule is Cc1cc(-c2nc3ccccc3[nH]2)ccn1. The summed E-state index contributed by atoms with van der Waals surface area (Å²) in [5.74, 6) is 0.895. The van der Waals surface area contributed by atoms with Gasteiger partial charge in [0, 0.05) is 17.5 Å². The molecule has 0 saturated carbocycles. The lowest BCUT2D eigenvalue weighted by Crippen LogP contribution is -1.84. The predicted octanol–water partition coefficient (Wildman–Crippen LogP) is 2.93. The molecular weight excluding hydrogens is 198 g/mol. The maximum absolute atomic E-state index is 4.54. The molecule has 0 aliphatic carbocycles. The predicted molar refractivity (Wildman–Crippen MR) is 64.1 cm³/mol. The van der Waals surface area contributed by atoms with Crippen LogP contribution in [0.5, 0.6) is 0 Å². The Labute approximate surface area is 93.2 Å². The van der Waals surface area contributed by atoms with Crippen LogP contribution in [0.1, 0.15) is 5.69 Å². The van der Waals surface area contributed by atoms with E-state index in [9.17, 15) is 0 Å². The third-order valence-electron chi connectivity index (χ3n) is 2.56. The van der Waals surface area contributed by atoms with Crippen molar-refractivity contribution in [3.8, 4) is 11.4 Å². The zero-order valence-corrected chi connectivity index (χ0v) is 8.94. The summed E-state index contributed by atoms with van der Waals surface area (Å²) in [5.41, 5.74) is 4.13. The Balaban J connectivity index is 2.19. The molecule has 1 N–H and O–H groups in total. The lowest BCUT2D eigenvalue weighted by atomic mass is 10.2. The number of aryl methyl sites for hydroxylation is 1. The fraction of sp³-hybridized carbons (Fsp3) is 0.0769. The summed E-state index contributed by atoms with van der Waals surface area (Å²) in [6.45, 7) is 1.98. The van der Waals surface area contributed by atoms with Gasteiger partial charge in [0.1, 0.15) is 5.82 Å². The first-order valence-corrected chi connectivity index (χ1v) is 5.21. The van der Waals surface area contributed by atoms with Crippen LogP contribution in [0.3, 0.4) is 0 Å². The first-order chi connectivity index (χ1) is 7.83. The lowest BCUT2D eigenvalue weighted by molar-refractivity contribution is 1.19. The van der Waals surface area contributed by atoms with Crippen molar-refractivity contribution in [3.63, 3.8) is 0 Å². The van der Waals surface area contributed by atoms with Crippen LogP contribution in [0.15, 0.2) is 42.6 Å². The highest BCUT2D eigenvalue weighted by Crippen LogP contribution is 2.19. The number of H-pyrrole nitrogens is 1. The van der Waals surface area contributed by atoms with Crippen LogP contribution in [0.4, 0.5) is 0 Å². The van der Waals surface area contributed by atoms with E-state index in [1.807, 2.05) is 43.3 Å². The second-order valence-electron chi connectivity index (χ2n) is 3.79. The molecule has 0 fully saturated rings. The number of hydrogen-bond acceptors (Lipinski definition) is 2. The molecule has 0 saturated heterocycles. The van der Waals surface area contributed by atoms with E-state index in [-0.39, 0.29) is 0 Å². The molecule has 0 unspecified atom stereocenters. The summed E-state index contributed by atoms with van der Waals surface area (Å²) in [5, 5.41) is 0. The second-order valence-corrected chi connectivity index (χ2v) is 3.79. The monoisotopic (exact) mass is 209 g/mol. The van der Waals surface area contributed by atoms with Crippen LogP contribution in [-0.2, 0) is 0 Å². The highest BCUT2D eigenvalue weighted by molar-refractivity contribution is 5.79. The average Bonchev–Trinajstić information content (AvgIpc) is 2.72. The van der Waals surface area contributed by atoms with Gasteiger partial charge in [0.05, 0.1) is 11.0 Å². The van der Waals surface area contributed by atoms with Crippen molar-refractivity contribution in [3.05, 3.63) is 48.3 Å². The Morgan fingerprint density at radius 1 is 1.12 bits per heavy atom. The largest absolute Gasteiger partial charge is 0.338 e. The Morgan fingerprint density at radius 2 is 2.00 bits per heavy atom. The molecule has 2 heterocycles. The van der Waals surface area contributed by atoms with E-state index in [1.54, 1.807) is 6.20 Å². The molecule has 3 nitrogen and oxygen atoms in total.